The first kappa shape index (κ1) is 19.5. The molecule has 0 radical (unpaired) electrons. The van der Waals surface area contributed by atoms with E-state index < -0.39 is 0 Å². The molecule has 0 spiro atoms. The fourth-order valence-corrected chi connectivity index (χ4v) is 2.82. The molecule has 0 aliphatic rings. The number of unbranched alkanes of at least 4 members (excludes halogenated alkanes) is 3. The second-order valence-electron chi connectivity index (χ2n) is 6.38. The average molecular weight is 346 g/mol. The number of amides is 1. The molecule has 0 bridgehead atoms. The molecular weight excluding hydrogens is 320 g/mol. The second-order valence-corrected chi connectivity index (χ2v) is 6.38. The van der Waals surface area contributed by atoms with Gasteiger partial charge in [-0.3, -0.25) is 4.79 Å². The van der Waals surface area contributed by atoms with Crippen LogP contribution in [0.25, 0.3) is 10.4 Å². The second kappa shape index (κ2) is 10.2. The van der Waals surface area contributed by atoms with E-state index in [0.29, 0.717) is 12.1 Å². The van der Waals surface area contributed by atoms with Gasteiger partial charge in [0.2, 0.25) is 0 Å². The van der Waals surface area contributed by atoms with Crippen molar-refractivity contribution >= 4 is 11.5 Å². The van der Waals surface area contributed by atoms with Crippen LogP contribution in [0.2, 0.25) is 0 Å². The first-order chi connectivity index (χ1) is 12.7. The molecule has 0 saturated heterocycles. The van der Waals surface area contributed by atoms with Gasteiger partial charge in [0.1, 0.15) is 0 Å². The highest BCUT2D eigenvalue weighted by Gasteiger charge is 2.18. The fraction of sp³-hybridized carbons (Fsp3) is 0.304. The van der Waals surface area contributed by atoms with Crippen LogP contribution in [0.5, 0.6) is 0 Å². The van der Waals surface area contributed by atoms with Crippen molar-refractivity contribution in [1.82, 2.24) is 5.32 Å². The summed E-state index contributed by atoms with van der Waals surface area (Å²) in [5, 5.41) is 2.91. The molecule has 26 heavy (non-hydrogen) atoms. The lowest BCUT2D eigenvalue weighted by molar-refractivity contribution is -0.117. The van der Waals surface area contributed by atoms with Crippen molar-refractivity contribution < 1.29 is 4.79 Å². The van der Waals surface area contributed by atoms with Gasteiger partial charge in [0, 0.05) is 12.1 Å². The number of hydrogen-bond donors (Lipinski definition) is 1. The number of rotatable bonds is 8. The fourth-order valence-electron chi connectivity index (χ4n) is 2.82. The summed E-state index contributed by atoms with van der Waals surface area (Å²) in [7, 11) is 0. The third-order valence-corrected chi connectivity index (χ3v) is 4.28. The predicted molar refractivity (Wildman–Crippen MR) is 107 cm³/mol. The van der Waals surface area contributed by atoms with Gasteiger partial charge in [-0.1, -0.05) is 86.3 Å². The van der Waals surface area contributed by atoms with Gasteiger partial charge in [-0.15, -0.1) is 0 Å². The highest BCUT2D eigenvalue weighted by atomic mass is 16.2. The zero-order valence-electron chi connectivity index (χ0n) is 15.6. The minimum absolute atomic E-state index is 0.149. The van der Waals surface area contributed by atoms with Crippen molar-refractivity contribution in [3.8, 4) is 0 Å². The summed E-state index contributed by atoms with van der Waals surface area (Å²) in [4.78, 5) is 16.3. The van der Waals surface area contributed by atoms with Crippen LogP contribution >= 0.6 is 0 Å². The number of carbonyl (C=O) groups excluding carboxylic acids is 1. The molecule has 0 saturated carbocycles. The van der Waals surface area contributed by atoms with Gasteiger partial charge >= 0.3 is 0 Å². The first-order valence-corrected chi connectivity index (χ1v) is 9.19. The van der Waals surface area contributed by atoms with Crippen LogP contribution in [0, 0.1) is 13.5 Å². The zero-order valence-corrected chi connectivity index (χ0v) is 15.6. The van der Waals surface area contributed by atoms with Crippen LogP contribution < -0.4 is 5.32 Å². The molecular formula is C23H26N2O. The van der Waals surface area contributed by atoms with Gasteiger partial charge in [0.15, 0.2) is 0 Å². The number of nitrogens with zero attached hydrogens (tertiary/aromatic N) is 1. The molecule has 2 aromatic carbocycles. The number of nitrogens with one attached hydrogen (secondary N) is 1. The molecule has 0 aliphatic heterocycles. The topological polar surface area (TPSA) is 33.5 Å². The van der Waals surface area contributed by atoms with E-state index in [2.05, 4.69) is 17.1 Å². The Morgan fingerprint density at radius 2 is 1.62 bits per heavy atom. The SMILES string of the molecule is [C-]#[N+]/C(C(=O)NCCCCCC)=C(/c1ccccc1)c1ccc(C)cc1. The van der Waals surface area contributed by atoms with Crippen LogP contribution in [-0.4, -0.2) is 12.5 Å². The Labute approximate surface area is 156 Å². The van der Waals surface area contributed by atoms with E-state index in [1.165, 1.54) is 6.42 Å². The average Bonchev–Trinajstić information content (AvgIpc) is 2.67. The Bertz CT molecular complexity index is 783. The van der Waals surface area contributed by atoms with Crippen molar-refractivity contribution in [3.63, 3.8) is 0 Å². The van der Waals surface area contributed by atoms with E-state index >= 15 is 0 Å². The highest BCUT2D eigenvalue weighted by Crippen LogP contribution is 2.28. The summed E-state index contributed by atoms with van der Waals surface area (Å²) in [5.41, 5.74) is 3.74. The van der Waals surface area contributed by atoms with Crippen LogP contribution in [0.15, 0.2) is 60.3 Å². The van der Waals surface area contributed by atoms with Crippen molar-refractivity contribution in [3.05, 3.63) is 88.4 Å². The molecule has 3 heteroatoms. The van der Waals surface area contributed by atoms with Gasteiger partial charge in [-0.2, -0.15) is 0 Å². The lowest BCUT2D eigenvalue weighted by Crippen LogP contribution is -2.26. The van der Waals surface area contributed by atoms with Crippen molar-refractivity contribution in [2.75, 3.05) is 6.54 Å². The quantitative estimate of drug-likeness (QED) is 0.389. The molecule has 1 N–H and O–H groups in total. The highest BCUT2D eigenvalue weighted by molar-refractivity contribution is 6.06. The van der Waals surface area contributed by atoms with E-state index in [1.807, 2.05) is 61.5 Å². The standard InChI is InChI=1S/C23H26N2O/c1-4-5-6-10-17-25-23(26)22(24-3)21(19-11-8-7-9-12-19)20-15-13-18(2)14-16-20/h7-9,11-16H,4-6,10,17H2,1-2H3,(H,25,26)/b22-21-. The summed E-state index contributed by atoms with van der Waals surface area (Å²) in [6, 6.07) is 17.6. The Morgan fingerprint density at radius 3 is 2.23 bits per heavy atom. The summed E-state index contributed by atoms with van der Waals surface area (Å²) in [5.74, 6) is -0.295. The lowest BCUT2D eigenvalue weighted by Gasteiger charge is -2.13. The lowest BCUT2D eigenvalue weighted by atomic mass is 9.95. The van der Waals surface area contributed by atoms with E-state index in [4.69, 9.17) is 6.57 Å². The zero-order chi connectivity index (χ0) is 18.8. The van der Waals surface area contributed by atoms with Gasteiger partial charge < -0.3 is 5.32 Å². The molecule has 0 fully saturated rings. The monoisotopic (exact) mass is 346 g/mol. The molecule has 3 nitrogen and oxygen atoms in total. The first-order valence-electron chi connectivity index (χ1n) is 9.19. The molecule has 2 aromatic rings. The largest absolute Gasteiger partial charge is 0.361 e. The molecule has 0 aromatic heterocycles. The molecule has 0 heterocycles. The number of aryl methyl sites for hydroxylation is 1. The van der Waals surface area contributed by atoms with Gasteiger partial charge in [-0.05, 0) is 24.5 Å². The van der Waals surface area contributed by atoms with Crippen LogP contribution in [0.3, 0.4) is 0 Å². The van der Waals surface area contributed by atoms with Crippen molar-refractivity contribution in [2.24, 2.45) is 0 Å². The van der Waals surface area contributed by atoms with E-state index in [-0.39, 0.29) is 11.6 Å². The van der Waals surface area contributed by atoms with Crippen molar-refractivity contribution in [1.29, 1.82) is 0 Å². The Kier molecular flexibility index (Phi) is 7.64. The third kappa shape index (κ3) is 5.32. The van der Waals surface area contributed by atoms with Crippen LogP contribution in [0.1, 0.15) is 49.3 Å². The van der Waals surface area contributed by atoms with Gasteiger partial charge in [0.05, 0.1) is 6.57 Å². The minimum atomic E-state index is -0.295. The smallest absolute Gasteiger partial charge is 0.258 e. The predicted octanol–water partition coefficient (Wildman–Crippen LogP) is 5.37. The molecule has 0 unspecified atom stereocenters. The third-order valence-electron chi connectivity index (χ3n) is 4.28. The summed E-state index contributed by atoms with van der Waals surface area (Å²) in [6.45, 7) is 12.4. The summed E-state index contributed by atoms with van der Waals surface area (Å²) in [6.07, 6.45) is 4.36. The maximum Gasteiger partial charge on any atom is 0.258 e. The molecule has 2 rings (SSSR count). The number of carbonyl (C=O) groups is 1. The number of benzene rings is 2. The van der Waals surface area contributed by atoms with Crippen LogP contribution in [0.4, 0.5) is 0 Å². The van der Waals surface area contributed by atoms with E-state index in [0.717, 1.165) is 36.0 Å². The van der Waals surface area contributed by atoms with E-state index in [9.17, 15) is 4.79 Å². The summed E-state index contributed by atoms with van der Waals surface area (Å²) >= 11 is 0. The summed E-state index contributed by atoms with van der Waals surface area (Å²) < 4.78 is 0. The Morgan fingerprint density at radius 1 is 0.962 bits per heavy atom. The van der Waals surface area contributed by atoms with Crippen LogP contribution in [-0.2, 0) is 4.79 Å². The molecule has 1 amide bonds. The minimum Gasteiger partial charge on any atom is -0.361 e. The number of hydrogen-bond acceptors (Lipinski definition) is 1. The van der Waals surface area contributed by atoms with Crippen molar-refractivity contribution in [2.45, 2.75) is 39.5 Å². The normalized spacial score (nSPS) is 11.4. The Hall–Kier alpha value is -2.86. The van der Waals surface area contributed by atoms with E-state index in [1.54, 1.807) is 0 Å². The maximum absolute atomic E-state index is 12.7. The molecule has 0 atom stereocenters. The molecule has 0 aliphatic carbocycles. The van der Waals surface area contributed by atoms with Gasteiger partial charge in [-0.25, -0.2) is 4.85 Å². The molecule has 134 valence electrons. The van der Waals surface area contributed by atoms with Gasteiger partial charge in [0.25, 0.3) is 11.6 Å². The Balaban J connectivity index is 2.35. The maximum atomic E-state index is 12.7.